The van der Waals surface area contributed by atoms with Crippen LogP contribution in [0.25, 0.3) is 0 Å². The van der Waals surface area contributed by atoms with E-state index in [0.29, 0.717) is 6.54 Å². The summed E-state index contributed by atoms with van der Waals surface area (Å²) in [4.78, 5) is 0. The summed E-state index contributed by atoms with van der Waals surface area (Å²) in [6.07, 6.45) is 0. The van der Waals surface area contributed by atoms with Crippen LogP contribution in [0.3, 0.4) is 0 Å². The van der Waals surface area contributed by atoms with Gasteiger partial charge in [0.15, 0.2) is 0 Å². The molecule has 2 N–H and O–H groups in total. The molecule has 2 heteroatoms. The Labute approximate surface area is 97.4 Å². The van der Waals surface area contributed by atoms with Crippen LogP contribution in [0, 0.1) is 12.8 Å². The summed E-state index contributed by atoms with van der Waals surface area (Å²) in [7, 11) is 0. The highest BCUT2D eigenvalue weighted by molar-refractivity contribution is 7.98. The molecule has 1 nitrogen and oxygen atoms in total. The van der Waals surface area contributed by atoms with E-state index in [1.807, 2.05) is 11.8 Å². The molecule has 0 atom stereocenters. The summed E-state index contributed by atoms with van der Waals surface area (Å²) in [6, 6.07) is 6.55. The zero-order chi connectivity index (χ0) is 11.3. The van der Waals surface area contributed by atoms with Crippen LogP contribution in [0.15, 0.2) is 18.2 Å². The van der Waals surface area contributed by atoms with Gasteiger partial charge in [0.2, 0.25) is 0 Å². The average Bonchev–Trinajstić information content (AvgIpc) is 2.20. The van der Waals surface area contributed by atoms with Crippen LogP contribution in [0.1, 0.15) is 30.5 Å². The molecule has 0 spiro atoms. The van der Waals surface area contributed by atoms with Crippen LogP contribution in [-0.2, 0) is 12.3 Å². The highest BCUT2D eigenvalue weighted by Gasteiger charge is 2.01. The zero-order valence-electron chi connectivity index (χ0n) is 9.92. The van der Waals surface area contributed by atoms with Gasteiger partial charge in [-0.25, -0.2) is 0 Å². The van der Waals surface area contributed by atoms with Gasteiger partial charge in [-0.15, -0.1) is 0 Å². The number of benzene rings is 1. The van der Waals surface area contributed by atoms with Crippen LogP contribution in [0.5, 0.6) is 0 Å². The van der Waals surface area contributed by atoms with Gasteiger partial charge < -0.3 is 5.73 Å². The topological polar surface area (TPSA) is 26.0 Å². The molecule has 15 heavy (non-hydrogen) atoms. The van der Waals surface area contributed by atoms with E-state index in [0.717, 1.165) is 11.7 Å². The Morgan fingerprint density at radius 1 is 1.33 bits per heavy atom. The fourth-order valence-electron chi connectivity index (χ4n) is 1.45. The van der Waals surface area contributed by atoms with Crippen molar-refractivity contribution in [1.82, 2.24) is 0 Å². The van der Waals surface area contributed by atoms with Gasteiger partial charge in [0, 0.05) is 12.3 Å². The molecular weight excluding hydrogens is 202 g/mol. The highest BCUT2D eigenvalue weighted by Crippen LogP contribution is 2.19. The Bertz CT molecular complexity index is 307. The van der Waals surface area contributed by atoms with Crippen LogP contribution in [0.2, 0.25) is 0 Å². The van der Waals surface area contributed by atoms with Gasteiger partial charge in [-0.3, -0.25) is 0 Å². The van der Waals surface area contributed by atoms with Crippen molar-refractivity contribution in [3.63, 3.8) is 0 Å². The van der Waals surface area contributed by atoms with Gasteiger partial charge in [-0.05, 0) is 35.3 Å². The number of aryl methyl sites for hydroxylation is 1. The molecule has 0 saturated heterocycles. The van der Waals surface area contributed by atoms with E-state index in [9.17, 15) is 0 Å². The molecule has 0 radical (unpaired) electrons. The molecule has 0 saturated carbocycles. The predicted molar refractivity (Wildman–Crippen MR) is 70.1 cm³/mol. The number of nitrogens with two attached hydrogens (primary N) is 1. The maximum atomic E-state index is 5.60. The van der Waals surface area contributed by atoms with Crippen LogP contribution >= 0.6 is 11.8 Å². The lowest BCUT2D eigenvalue weighted by Crippen LogP contribution is -1.98. The van der Waals surface area contributed by atoms with Crippen molar-refractivity contribution in [1.29, 1.82) is 0 Å². The molecule has 0 aliphatic rings. The maximum absolute atomic E-state index is 5.60. The van der Waals surface area contributed by atoms with Crippen molar-refractivity contribution in [3.8, 4) is 0 Å². The van der Waals surface area contributed by atoms with Crippen molar-refractivity contribution >= 4 is 11.8 Å². The molecule has 1 aromatic rings. The maximum Gasteiger partial charge on any atom is 0.0187 e. The molecule has 0 bridgehead atoms. The summed E-state index contributed by atoms with van der Waals surface area (Å²) in [6.45, 7) is 7.33. The standard InChI is InChI=1S/C13H21NS/c1-10(2)8-15-9-13-5-4-12(7-14)6-11(13)3/h4-6,10H,7-9,14H2,1-3H3. The Morgan fingerprint density at radius 2 is 2.07 bits per heavy atom. The van der Waals surface area contributed by atoms with E-state index >= 15 is 0 Å². The molecule has 0 unspecified atom stereocenters. The van der Waals surface area contributed by atoms with E-state index in [-0.39, 0.29) is 0 Å². The molecule has 0 aliphatic heterocycles. The first-order chi connectivity index (χ1) is 7.13. The quantitative estimate of drug-likeness (QED) is 0.828. The van der Waals surface area contributed by atoms with Crippen molar-refractivity contribution in [3.05, 3.63) is 34.9 Å². The van der Waals surface area contributed by atoms with Crippen LogP contribution < -0.4 is 5.73 Å². The third kappa shape index (κ3) is 4.27. The fourth-order valence-corrected chi connectivity index (χ4v) is 2.58. The van der Waals surface area contributed by atoms with Crippen LogP contribution in [-0.4, -0.2) is 5.75 Å². The zero-order valence-corrected chi connectivity index (χ0v) is 10.7. The predicted octanol–water partition coefficient (Wildman–Crippen LogP) is 3.34. The minimum absolute atomic E-state index is 0.639. The van der Waals surface area contributed by atoms with E-state index in [1.54, 1.807) is 0 Å². The van der Waals surface area contributed by atoms with Gasteiger partial charge in [-0.2, -0.15) is 11.8 Å². The number of hydrogen-bond donors (Lipinski definition) is 1. The first-order valence-corrected chi connectivity index (χ1v) is 6.65. The molecule has 1 rings (SSSR count). The Balaban J connectivity index is 2.54. The van der Waals surface area contributed by atoms with E-state index < -0.39 is 0 Å². The molecule has 0 aliphatic carbocycles. The molecule has 1 aromatic carbocycles. The van der Waals surface area contributed by atoms with Crippen molar-refractivity contribution in [2.24, 2.45) is 11.7 Å². The normalized spacial score (nSPS) is 11.0. The summed E-state index contributed by atoms with van der Waals surface area (Å²) in [5, 5.41) is 0. The second-order valence-electron chi connectivity index (χ2n) is 4.37. The van der Waals surface area contributed by atoms with Crippen LogP contribution in [0.4, 0.5) is 0 Å². The lowest BCUT2D eigenvalue weighted by atomic mass is 10.1. The second kappa shape index (κ2) is 6.19. The minimum atomic E-state index is 0.639. The van der Waals surface area contributed by atoms with E-state index in [1.165, 1.54) is 22.4 Å². The number of rotatable bonds is 5. The Hall–Kier alpha value is -0.470. The molecule has 0 fully saturated rings. The fraction of sp³-hybridized carbons (Fsp3) is 0.538. The lowest BCUT2D eigenvalue weighted by Gasteiger charge is -2.08. The van der Waals surface area contributed by atoms with Gasteiger partial charge in [0.1, 0.15) is 0 Å². The summed E-state index contributed by atoms with van der Waals surface area (Å²) >= 11 is 2.01. The van der Waals surface area contributed by atoms with Crippen molar-refractivity contribution in [2.75, 3.05) is 5.75 Å². The summed E-state index contributed by atoms with van der Waals surface area (Å²) in [5.74, 6) is 3.13. The van der Waals surface area contributed by atoms with Gasteiger partial charge in [0.05, 0.1) is 0 Å². The molecule has 0 amide bonds. The molecule has 0 heterocycles. The average molecular weight is 223 g/mol. The first-order valence-electron chi connectivity index (χ1n) is 5.49. The van der Waals surface area contributed by atoms with E-state index in [4.69, 9.17) is 5.73 Å². The lowest BCUT2D eigenvalue weighted by molar-refractivity contribution is 0.750. The molecule has 84 valence electrons. The monoisotopic (exact) mass is 223 g/mol. The third-order valence-corrected chi connectivity index (χ3v) is 3.77. The van der Waals surface area contributed by atoms with Gasteiger partial charge in [-0.1, -0.05) is 32.0 Å². The third-order valence-electron chi connectivity index (χ3n) is 2.35. The smallest absolute Gasteiger partial charge is 0.0187 e. The minimum Gasteiger partial charge on any atom is -0.326 e. The number of thioether (sulfide) groups is 1. The largest absolute Gasteiger partial charge is 0.326 e. The second-order valence-corrected chi connectivity index (χ2v) is 5.40. The molecule has 0 aromatic heterocycles. The van der Waals surface area contributed by atoms with Gasteiger partial charge in [0.25, 0.3) is 0 Å². The molecular formula is C13H21NS. The summed E-state index contributed by atoms with van der Waals surface area (Å²) < 4.78 is 0. The highest BCUT2D eigenvalue weighted by atomic mass is 32.2. The Kier molecular flexibility index (Phi) is 5.20. The number of hydrogen-bond acceptors (Lipinski definition) is 2. The van der Waals surface area contributed by atoms with Crippen molar-refractivity contribution < 1.29 is 0 Å². The van der Waals surface area contributed by atoms with Crippen molar-refractivity contribution in [2.45, 2.75) is 33.1 Å². The van der Waals surface area contributed by atoms with E-state index in [2.05, 4.69) is 39.0 Å². The summed E-state index contributed by atoms with van der Waals surface area (Å²) in [5.41, 5.74) is 9.64. The first kappa shape index (κ1) is 12.6. The SMILES string of the molecule is Cc1cc(CN)ccc1CSCC(C)C. The van der Waals surface area contributed by atoms with Gasteiger partial charge >= 0.3 is 0 Å². The Morgan fingerprint density at radius 3 is 2.60 bits per heavy atom.